The Morgan fingerprint density at radius 1 is 1.05 bits per heavy atom. The first-order valence-electron chi connectivity index (χ1n) is 7.32. The van der Waals surface area contributed by atoms with Gasteiger partial charge in [0.05, 0.1) is 0 Å². The van der Waals surface area contributed by atoms with E-state index < -0.39 is 0 Å². The highest BCUT2D eigenvalue weighted by Crippen LogP contribution is 2.26. The van der Waals surface area contributed by atoms with E-state index in [1.807, 2.05) is 31.2 Å². The first-order valence-corrected chi connectivity index (χ1v) is 7.32. The quantitative estimate of drug-likeness (QED) is 0.830. The third kappa shape index (κ3) is 3.85. The summed E-state index contributed by atoms with van der Waals surface area (Å²) in [5.74, 6) is 0.205. The van der Waals surface area contributed by atoms with Crippen LogP contribution in [0.15, 0.2) is 47.5 Å². The van der Waals surface area contributed by atoms with Crippen LogP contribution in [0.2, 0.25) is 0 Å². The molecule has 2 rings (SSSR count). The number of nitrogens with zero attached hydrogens (tertiary/aromatic N) is 2. The van der Waals surface area contributed by atoms with Gasteiger partial charge in [-0.3, -0.25) is 4.99 Å². The average Bonchev–Trinajstić information content (AvgIpc) is 2.51. The Labute approximate surface area is 126 Å². The summed E-state index contributed by atoms with van der Waals surface area (Å²) in [6, 6.07) is 13.7. The van der Waals surface area contributed by atoms with E-state index in [0.29, 0.717) is 5.69 Å². The molecule has 0 aliphatic rings. The van der Waals surface area contributed by atoms with Gasteiger partial charge in [-0.2, -0.15) is 0 Å². The van der Waals surface area contributed by atoms with Crippen molar-refractivity contribution in [2.24, 2.45) is 4.99 Å². The summed E-state index contributed by atoms with van der Waals surface area (Å²) >= 11 is 0. The van der Waals surface area contributed by atoms with Gasteiger partial charge in [0.2, 0.25) is 0 Å². The van der Waals surface area contributed by atoms with Gasteiger partial charge in [-0.1, -0.05) is 18.2 Å². The van der Waals surface area contributed by atoms with Gasteiger partial charge in [0.15, 0.2) is 0 Å². The summed E-state index contributed by atoms with van der Waals surface area (Å²) in [5, 5.41) is 9.77. The molecule has 3 heteroatoms. The fourth-order valence-electron chi connectivity index (χ4n) is 2.24. The predicted molar refractivity (Wildman–Crippen MR) is 90.1 cm³/mol. The first-order chi connectivity index (χ1) is 10.1. The van der Waals surface area contributed by atoms with Crippen molar-refractivity contribution in [2.45, 2.75) is 20.8 Å². The minimum Gasteiger partial charge on any atom is -0.506 e. The number of rotatable bonds is 5. The highest BCUT2D eigenvalue weighted by molar-refractivity contribution is 5.83. The van der Waals surface area contributed by atoms with Crippen LogP contribution in [-0.2, 0) is 0 Å². The largest absolute Gasteiger partial charge is 0.506 e. The van der Waals surface area contributed by atoms with E-state index in [1.165, 1.54) is 5.69 Å². The molecule has 2 aromatic rings. The highest BCUT2D eigenvalue weighted by atomic mass is 16.3. The SMILES string of the molecule is CCN(CC)c1ccc(C=Nc2cc(C)ccc2O)cc1. The molecule has 0 bridgehead atoms. The summed E-state index contributed by atoms with van der Waals surface area (Å²) in [6.45, 7) is 8.29. The first kappa shape index (κ1) is 15.1. The van der Waals surface area contributed by atoms with E-state index in [0.717, 1.165) is 24.2 Å². The van der Waals surface area contributed by atoms with E-state index in [9.17, 15) is 5.11 Å². The molecule has 0 atom stereocenters. The zero-order valence-electron chi connectivity index (χ0n) is 12.9. The molecular weight excluding hydrogens is 260 g/mol. The summed E-state index contributed by atoms with van der Waals surface area (Å²) in [7, 11) is 0. The zero-order chi connectivity index (χ0) is 15.2. The molecule has 1 N–H and O–H groups in total. The van der Waals surface area contributed by atoms with Gasteiger partial charge in [0.25, 0.3) is 0 Å². The van der Waals surface area contributed by atoms with Crippen LogP contribution >= 0.6 is 0 Å². The lowest BCUT2D eigenvalue weighted by atomic mass is 10.2. The Bertz CT molecular complexity index is 614. The molecule has 0 saturated heterocycles. The standard InChI is InChI=1S/C18H22N2O/c1-4-20(5-2)16-9-7-15(8-10-16)13-19-17-12-14(3)6-11-18(17)21/h6-13,21H,4-5H2,1-3H3. The summed E-state index contributed by atoms with van der Waals surface area (Å²) in [4.78, 5) is 6.66. The summed E-state index contributed by atoms with van der Waals surface area (Å²) < 4.78 is 0. The van der Waals surface area contributed by atoms with Crippen molar-refractivity contribution in [3.05, 3.63) is 53.6 Å². The van der Waals surface area contributed by atoms with Crippen LogP contribution in [0.25, 0.3) is 0 Å². The van der Waals surface area contributed by atoms with Crippen LogP contribution in [-0.4, -0.2) is 24.4 Å². The number of anilines is 1. The second kappa shape index (κ2) is 6.93. The topological polar surface area (TPSA) is 35.8 Å². The molecule has 0 spiro atoms. The Morgan fingerprint density at radius 2 is 1.71 bits per heavy atom. The number of aromatic hydroxyl groups is 1. The van der Waals surface area contributed by atoms with E-state index in [-0.39, 0.29) is 5.75 Å². The molecule has 0 aromatic heterocycles. The van der Waals surface area contributed by atoms with E-state index in [2.05, 4.69) is 35.9 Å². The van der Waals surface area contributed by atoms with Crippen LogP contribution in [0.3, 0.4) is 0 Å². The lowest BCUT2D eigenvalue weighted by Crippen LogP contribution is -2.21. The number of phenolic OH excluding ortho intramolecular Hbond substituents is 1. The van der Waals surface area contributed by atoms with Gasteiger partial charge in [-0.25, -0.2) is 0 Å². The molecule has 0 unspecified atom stereocenters. The minimum absolute atomic E-state index is 0.205. The molecule has 0 aliphatic carbocycles. The van der Waals surface area contributed by atoms with Crippen LogP contribution in [0, 0.1) is 6.92 Å². The van der Waals surface area contributed by atoms with Crippen molar-refractivity contribution in [3.8, 4) is 5.75 Å². The number of benzene rings is 2. The Balaban J connectivity index is 2.16. The monoisotopic (exact) mass is 282 g/mol. The third-order valence-corrected chi connectivity index (χ3v) is 3.51. The second-order valence-corrected chi connectivity index (χ2v) is 5.01. The Kier molecular flexibility index (Phi) is 4.99. The van der Waals surface area contributed by atoms with Crippen LogP contribution in [0.5, 0.6) is 5.75 Å². The number of aliphatic imine (C=N–C) groups is 1. The van der Waals surface area contributed by atoms with Crippen molar-refractivity contribution in [1.29, 1.82) is 0 Å². The maximum atomic E-state index is 9.77. The van der Waals surface area contributed by atoms with Gasteiger partial charge in [-0.05, 0) is 56.2 Å². The van der Waals surface area contributed by atoms with Crippen LogP contribution in [0.1, 0.15) is 25.0 Å². The van der Waals surface area contributed by atoms with E-state index >= 15 is 0 Å². The zero-order valence-corrected chi connectivity index (χ0v) is 12.9. The molecule has 2 aromatic carbocycles. The third-order valence-electron chi connectivity index (χ3n) is 3.51. The van der Waals surface area contributed by atoms with Gasteiger partial charge < -0.3 is 10.0 Å². The molecule has 0 amide bonds. The number of phenols is 1. The van der Waals surface area contributed by atoms with Crippen molar-refractivity contribution in [3.63, 3.8) is 0 Å². The number of hydrogen-bond donors (Lipinski definition) is 1. The number of aryl methyl sites for hydroxylation is 1. The van der Waals surface area contributed by atoms with Gasteiger partial charge in [-0.15, -0.1) is 0 Å². The van der Waals surface area contributed by atoms with E-state index in [4.69, 9.17) is 0 Å². The van der Waals surface area contributed by atoms with Crippen LogP contribution in [0.4, 0.5) is 11.4 Å². The fraction of sp³-hybridized carbons (Fsp3) is 0.278. The molecule has 0 heterocycles. The van der Waals surface area contributed by atoms with Gasteiger partial charge in [0, 0.05) is 25.0 Å². The maximum absolute atomic E-state index is 9.77. The highest BCUT2D eigenvalue weighted by Gasteiger charge is 2.01. The van der Waals surface area contributed by atoms with Crippen LogP contribution < -0.4 is 4.90 Å². The molecule has 0 fully saturated rings. The molecule has 21 heavy (non-hydrogen) atoms. The minimum atomic E-state index is 0.205. The lowest BCUT2D eigenvalue weighted by molar-refractivity contribution is 0.477. The average molecular weight is 282 g/mol. The Morgan fingerprint density at radius 3 is 2.33 bits per heavy atom. The molecule has 0 radical (unpaired) electrons. The molecule has 0 saturated carbocycles. The van der Waals surface area contributed by atoms with Gasteiger partial charge >= 0.3 is 0 Å². The van der Waals surface area contributed by atoms with Gasteiger partial charge in [0.1, 0.15) is 11.4 Å². The predicted octanol–water partition coefficient (Wildman–Crippen LogP) is 4.30. The summed E-state index contributed by atoms with van der Waals surface area (Å²) in [5.41, 5.74) is 3.92. The maximum Gasteiger partial charge on any atom is 0.141 e. The van der Waals surface area contributed by atoms with Crippen molar-refractivity contribution < 1.29 is 5.11 Å². The smallest absolute Gasteiger partial charge is 0.141 e. The molecule has 3 nitrogen and oxygen atoms in total. The summed E-state index contributed by atoms with van der Waals surface area (Å²) in [6.07, 6.45) is 1.78. The second-order valence-electron chi connectivity index (χ2n) is 5.01. The molecular formula is C18H22N2O. The Hall–Kier alpha value is -2.29. The van der Waals surface area contributed by atoms with Crippen molar-refractivity contribution in [2.75, 3.05) is 18.0 Å². The lowest BCUT2D eigenvalue weighted by Gasteiger charge is -2.20. The van der Waals surface area contributed by atoms with Crippen molar-refractivity contribution in [1.82, 2.24) is 0 Å². The normalized spacial score (nSPS) is 11.0. The van der Waals surface area contributed by atoms with E-state index in [1.54, 1.807) is 12.3 Å². The molecule has 0 aliphatic heterocycles. The fourth-order valence-corrected chi connectivity index (χ4v) is 2.24. The van der Waals surface area contributed by atoms with Crippen molar-refractivity contribution >= 4 is 17.6 Å². The molecule has 110 valence electrons. The number of hydrogen-bond acceptors (Lipinski definition) is 3.